The standard InChI is InChI=1S/C25H19F3N4O2/c1-16-4-2-5-18(12-16)23-24(19-6-3-11-29-14-19)32-21(15-30-23)31-22(33)13-17-7-9-20(10-8-17)34-25(26,27)28/h2-12,14-15H,13H2,1H3,(H,31,32,33). The third-order valence-corrected chi connectivity index (χ3v) is 4.79. The number of anilines is 1. The molecule has 1 amide bonds. The normalized spacial score (nSPS) is 11.2. The van der Waals surface area contributed by atoms with Gasteiger partial charge in [-0.3, -0.25) is 14.8 Å². The number of carbonyl (C=O) groups excluding carboxylic acids is 1. The molecule has 0 radical (unpaired) electrons. The highest BCUT2D eigenvalue weighted by Crippen LogP contribution is 2.30. The van der Waals surface area contributed by atoms with Crippen LogP contribution in [0, 0.1) is 6.92 Å². The van der Waals surface area contributed by atoms with Crippen molar-refractivity contribution >= 4 is 11.7 Å². The summed E-state index contributed by atoms with van der Waals surface area (Å²) in [5, 5.41) is 2.70. The number of nitrogens with zero attached hydrogens (tertiary/aromatic N) is 3. The molecule has 0 saturated heterocycles. The number of alkyl halides is 3. The molecule has 34 heavy (non-hydrogen) atoms. The van der Waals surface area contributed by atoms with Crippen molar-refractivity contribution in [2.24, 2.45) is 0 Å². The number of benzene rings is 2. The van der Waals surface area contributed by atoms with Crippen LogP contribution >= 0.6 is 0 Å². The maximum Gasteiger partial charge on any atom is 0.573 e. The Balaban J connectivity index is 1.55. The van der Waals surface area contributed by atoms with E-state index in [9.17, 15) is 18.0 Å². The lowest BCUT2D eigenvalue weighted by atomic mass is 10.0. The number of halogens is 3. The summed E-state index contributed by atoms with van der Waals surface area (Å²) in [5.74, 6) is -0.494. The minimum atomic E-state index is -4.77. The molecule has 2 aromatic carbocycles. The Morgan fingerprint density at radius 3 is 2.41 bits per heavy atom. The molecule has 0 fully saturated rings. The molecule has 0 atom stereocenters. The van der Waals surface area contributed by atoms with Crippen molar-refractivity contribution in [3.05, 3.63) is 90.4 Å². The van der Waals surface area contributed by atoms with Gasteiger partial charge in [0.25, 0.3) is 0 Å². The van der Waals surface area contributed by atoms with Gasteiger partial charge in [0.05, 0.1) is 18.3 Å². The van der Waals surface area contributed by atoms with Crippen molar-refractivity contribution in [2.45, 2.75) is 19.7 Å². The lowest BCUT2D eigenvalue weighted by molar-refractivity contribution is -0.274. The molecule has 0 bridgehead atoms. The monoisotopic (exact) mass is 464 g/mol. The third-order valence-electron chi connectivity index (χ3n) is 4.79. The highest BCUT2D eigenvalue weighted by molar-refractivity contribution is 5.92. The largest absolute Gasteiger partial charge is 0.573 e. The topological polar surface area (TPSA) is 77.0 Å². The molecular weight excluding hydrogens is 445 g/mol. The van der Waals surface area contributed by atoms with Gasteiger partial charge in [0.1, 0.15) is 11.4 Å². The number of nitrogens with one attached hydrogen (secondary N) is 1. The maximum atomic E-state index is 12.5. The molecule has 1 N–H and O–H groups in total. The molecule has 0 spiro atoms. The van der Waals surface area contributed by atoms with Gasteiger partial charge in [-0.05, 0) is 42.8 Å². The smallest absolute Gasteiger partial charge is 0.406 e. The number of carbonyl (C=O) groups is 1. The summed E-state index contributed by atoms with van der Waals surface area (Å²) in [4.78, 5) is 25.8. The van der Waals surface area contributed by atoms with Crippen LogP contribution in [0.3, 0.4) is 0 Å². The number of rotatable bonds is 6. The molecule has 2 heterocycles. The fraction of sp³-hybridized carbons (Fsp3) is 0.120. The van der Waals surface area contributed by atoms with Crippen LogP contribution in [0.1, 0.15) is 11.1 Å². The van der Waals surface area contributed by atoms with Gasteiger partial charge < -0.3 is 10.1 Å². The number of amides is 1. The van der Waals surface area contributed by atoms with Crippen molar-refractivity contribution in [3.8, 4) is 28.3 Å². The summed E-state index contributed by atoms with van der Waals surface area (Å²) in [5.41, 5.74) is 4.41. The van der Waals surface area contributed by atoms with E-state index in [1.165, 1.54) is 18.3 Å². The van der Waals surface area contributed by atoms with E-state index in [-0.39, 0.29) is 23.9 Å². The number of hydrogen-bond acceptors (Lipinski definition) is 5. The SMILES string of the molecule is Cc1cccc(-c2ncc(NC(=O)Cc3ccc(OC(F)(F)F)cc3)nc2-c2cccnc2)c1. The van der Waals surface area contributed by atoms with E-state index in [2.05, 4.69) is 25.0 Å². The molecule has 0 saturated carbocycles. The zero-order valence-corrected chi connectivity index (χ0v) is 18.0. The molecule has 0 aliphatic rings. The average Bonchev–Trinajstić information content (AvgIpc) is 2.80. The van der Waals surface area contributed by atoms with Crippen molar-refractivity contribution in [3.63, 3.8) is 0 Å². The van der Waals surface area contributed by atoms with Crippen LogP contribution in [0.2, 0.25) is 0 Å². The number of pyridine rings is 1. The predicted octanol–water partition coefficient (Wildman–Crippen LogP) is 5.59. The first-order valence-corrected chi connectivity index (χ1v) is 10.3. The number of hydrogen-bond donors (Lipinski definition) is 1. The fourth-order valence-corrected chi connectivity index (χ4v) is 3.34. The Hall–Kier alpha value is -4.27. The number of aromatic nitrogens is 3. The van der Waals surface area contributed by atoms with E-state index >= 15 is 0 Å². The Kier molecular flexibility index (Phi) is 6.53. The van der Waals surface area contributed by atoms with E-state index in [0.717, 1.165) is 28.8 Å². The highest BCUT2D eigenvalue weighted by atomic mass is 19.4. The molecule has 4 rings (SSSR count). The summed E-state index contributed by atoms with van der Waals surface area (Å²) in [6.07, 6.45) is -0.0426. The summed E-state index contributed by atoms with van der Waals surface area (Å²) in [6, 6.07) is 16.6. The molecule has 2 aromatic heterocycles. The molecule has 9 heteroatoms. The van der Waals surface area contributed by atoms with Gasteiger partial charge in [0.15, 0.2) is 5.82 Å². The lowest BCUT2D eigenvalue weighted by Gasteiger charge is -2.12. The molecule has 172 valence electrons. The van der Waals surface area contributed by atoms with Crippen LogP contribution in [0.25, 0.3) is 22.5 Å². The summed E-state index contributed by atoms with van der Waals surface area (Å²) in [6.45, 7) is 1.98. The van der Waals surface area contributed by atoms with Crippen LogP contribution in [0.4, 0.5) is 19.0 Å². The Morgan fingerprint density at radius 1 is 0.971 bits per heavy atom. The maximum absolute atomic E-state index is 12.5. The molecule has 0 aliphatic carbocycles. The average molecular weight is 464 g/mol. The first-order valence-electron chi connectivity index (χ1n) is 10.3. The third kappa shape index (κ3) is 5.94. The van der Waals surface area contributed by atoms with E-state index in [4.69, 9.17) is 0 Å². The summed E-state index contributed by atoms with van der Waals surface area (Å²) < 4.78 is 40.8. The van der Waals surface area contributed by atoms with Crippen molar-refractivity contribution in [1.29, 1.82) is 0 Å². The summed E-state index contributed by atoms with van der Waals surface area (Å²) in [7, 11) is 0. The van der Waals surface area contributed by atoms with Gasteiger partial charge in [0, 0.05) is 23.5 Å². The first kappa shape index (κ1) is 22.9. The van der Waals surface area contributed by atoms with Gasteiger partial charge in [-0.1, -0.05) is 35.9 Å². The number of aryl methyl sites for hydroxylation is 1. The zero-order valence-electron chi connectivity index (χ0n) is 18.0. The zero-order chi connectivity index (χ0) is 24.1. The van der Waals surface area contributed by atoms with Crippen molar-refractivity contribution in [1.82, 2.24) is 15.0 Å². The number of ether oxygens (including phenoxy) is 1. The Bertz CT molecular complexity index is 1290. The summed E-state index contributed by atoms with van der Waals surface area (Å²) >= 11 is 0. The van der Waals surface area contributed by atoms with Gasteiger partial charge >= 0.3 is 6.36 Å². The van der Waals surface area contributed by atoms with Gasteiger partial charge in [-0.15, -0.1) is 13.2 Å². The van der Waals surface area contributed by atoms with Gasteiger partial charge in [-0.25, -0.2) is 4.98 Å². The van der Waals surface area contributed by atoms with E-state index in [1.807, 2.05) is 37.3 Å². The van der Waals surface area contributed by atoms with Gasteiger partial charge in [0.2, 0.25) is 5.91 Å². The van der Waals surface area contributed by atoms with Crippen LogP contribution in [-0.4, -0.2) is 27.2 Å². The first-order chi connectivity index (χ1) is 16.3. The van der Waals surface area contributed by atoms with Crippen molar-refractivity contribution in [2.75, 3.05) is 5.32 Å². The van der Waals surface area contributed by atoms with E-state index < -0.39 is 6.36 Å². The second-order valence-electron chi connectivity index (χ2n) is 7.48. The molecule has 6 nitrogen and oxygen atoms in total. The quantitative estimate of drug-likeness (QED) is 0.402. The van der Waals surface area contributed by atoms with Gasteiger partial charge in [-0.2, -0.15) is 0 Å². The van der Waals surface area contributed by atoms with Crippen molar-refractivity contribution < 1.29 is 22.7 Å². The molecule has 4 aromatic rings. The highest BCUT2D eigenvalue weighted by Gasteiger charge is 2.31. The lowest BCUT2D eigenvalue weighted by Crippen LogP contribution is -2.17. The second kappa shape index (κ2) is 9.70. The van der Waals surface area contributed by atoms with Crippen LogP contribution in [0.15, 0.2) is 79.3 Å². The molecule has 0 unspecified atom stereocenters. The van der Waals surface area contributed by atoms with E-state index in [0.29, 0.717) is 17.0 Å². The molecular formula is C25H19F3N4O2. The van der Waals surface area contributed by atoms with Crippen LogP contribution in [0.5, 0.6) is 5.75 Å². The minimum Gasteiger partial charge on any atom is -0.406 e. The fourth-order valence-electron chi connectivity index (χ4n) is 3.34. The second-order valence-corrected chi connectivity index (χ2v) is 7.48. The Labute approximate surface area is 193 Å². The molecule has 0 aliphatic heterocycles. The van der Waals surface area contributed by atoms with Crippen LogP contribution < -0.4 is 10.1 Å². The predicted molar refractivity (Wildman–Crippen MR) is 121 cm³/mol. The minimum absolute atomic E-state index is 0.0597. The van der Waals surface area contributed by atoms with E-state index in [1.54, 1.807) is 18.5 Å². The van der Waals surface area contributed by atoms with Crippen LogP contribution in [-0.2, 0) is 11.2 Å². The Morgan fingerprint density at radius 2 is 1.74 bits per heavy atom.